The van der Waals surface area contributed by atoms with E-state index in [1.807, 2.05) is 11.6 Å². The number of para-hydroxylation sites is 1. The van der Waals surface area contributed by atoms with Crippen LogP contribution in [0.25, 0.3) is 0 Å². The maximum Gasteiger partial charge on any atom is 0.214 e. The number of piperazine rings is 1. The summed E-state index contributed by atoms with van der Waals surface area (Å²) >= 11 is 0. The van der Waals surface area contributed by atoms with E-state index in [2.05, 4.69) is 95.8 Å². The summed E-state index contributed by atoms with van der Waals surface area (Å²) < 4.78 is 7.64. The Kier molecular flexibility index (Phi) is 6.23. The monoisotopic (exact) mass is 421 g/mol. The van der Waals surface area contributed by atoms with Crippen molar-refractivity contribution in [3.8, 4) is 5.75 Å². The summed E-state index contributed by atoms with van der Waals surface area (Å²) in [6.07, 6.45) is 0. The minimum atomic E-state index is -0.187. The van der Waals surface area contributed by atoms with Gasteiger partial charge in [-0.1, -0.05) is 18.2 Å². The van der Waals surface area contributed by atoms with Crippen molar-refractivity contribution in [1.82, 2.24) is 20.2 Å². The van der Waals surface area contributed by atoms with Gasteiger partial charge in [-0.15, -0.1) is 5.10 Å². The summed E-state index contributed by atoms with van der Waals surface area (Å²) in [5, 5.41) is 12.9. The highest BCUT2D eigenvalue weighted by Gasteiger charge is 2.36. The minimum absolute atomic E-state index is 0.0721. The maximum absolute atomic E-state index is 5.66. The molecule has 0 saturated carbocycles. The fourth-order valence-corrected chi connectivity index (χ4v) is 4.32. The van der Waals surface area contributed by atoms with E-state index in [-0.39, 0.29) is 11.6 Å². The van der Waals surface area contributed by atoms with Crippen LogP contribution < -0.4 is 14.5 Å². The molecule has 7 nitrogen and oxygen atoms in total. The molecular formula is C24H33N6O+. The smallest absolute Gasteiger partial charge is 0.214 e. The number of tetrazole rings is 1. The van der Waals surface area contributed by atoms with Gasteiger partial charge in [-0.3, -0.25) is 0 Å². The normalized spacial score (nSPS) is 16.3. The van der Waals surface area contributed by atoms with Crippen LogP contribution in [-0.2, 0) is 5.54 Å². The van der Waals surface area contributed by atoms with E-state index in [1.54, 1.807) is 0 Å². The number of rotatable bonds is 6. The summed E-state index contributed by atoms with van der Waals surface area (Å²) in [5.74, 6) is 1.81. The Morgan fingerprint density at radius 2 is 1.68 bits per heavy atom. The second kappa shape index (κ2) is 9.06. The van der Waals surface area contributed by atoms with Crippen LogP contribution in [0.4, 0.5) is 5.69 Å². The molecule has 0 aliphatic carbocycles. The van der Waals surface area contributed by atoms with Gasteiger partial charge in [-0.05, 0) is 74.5 Å². The zero-order chi connectivity index (χ0) is 21.8. The Balaban J connectivity index is 1.63. The molecular weight excluding hydrogens is 388 g/mol. The molecule has 4 rings (SSSR count). The number of hydrogen-bond acceptors (Lipinski definition) is 5. The Bertz CT molecular complexity index is 956. The van der Waals surface area contributed by atoms with Gasteiger partial charge in [-0.2, -0.15) is 0 Å². The van der Waals surface area contributed by atoms with Gasteiger partial charge in [-0.25, -0.2) is 4.68 Å². The molecule has 0 unspecified atom stereocenters. The van der Waals surface area contributed by atoms with Crippen LogP contribution in [-0.4, -0.2) is 53.0 Å². The lowest BCUT2D eigenvalue weighted by atomic mass is 10.0. The van der Waals surface area contributed by atoms with Crippen LogP contribution in [0.15, 0.2) is 54.6 Å². The van der Waals surface area contributed by atoms with Crippen LogP contribution in [0.2, 0.25) is 0 Å². The molecule has 1 fully saturated rings. The van der Waals surface area contributed by atoms with Crippen molar-refractivity contribution in [1.29, 1.82) is 0 Å². The van der Waals surface area contributed by atoms with Crippen molar-refractivity contribution < 1.29 is 9.64 Å². The lowest BCUT2D eigenvalue weighted by Crippen LogP contribution is -3.15. The lowest BCUT2D eigenvalue weighted by molar-refractivity contribution is -0.927. The third kappa shape index (κ3) is 4.71. The second-order valence-electron chi connectivity index (χ2n) is 9.04. The average Bonchev–Trinajstić information content (AvgIpc) is 3.27. The number of aromatic nitrogens is 4. The standard InChI is InChI=1S/C24H32N6O/c1-5-31-21-13-11-19(12-14-21)22(23-25-26-27-30(23)24(2,3)4)29-17-15-28(16-18-29)20-9-7-6-8-10-20/h6-14,22H,5,15-18H2,1-4H3/p+1/t22-/m1/s1. The quantitative estimate of drug-likeness (QED) is 0.662. The fraction of sp³-hybridized carbons (Fsp3) is 0.458. The van der Waals surface area contributed by atoms with E-state index in [9.17, 15) is 0 Å². The predicted octanol–water partition coefficient (Wildman–Crippen LogP) is 2.32. The van der Waals surface area contributed by atoms with E-state index in [0.29, 0.717) is 6.61 Å². The lowest BCUT2D eigenvalue weighted by Gasteiger charge is -2.37. The largest absolute Gasteiger partial charge is 0.494 e. The SMILES string of the molecule is CCOc1ccc([C@H](c2nnnn2C(C)(C)C)[NH+]2CCN(c3ccccc3)CC2)cc1. The Hall–Kier alpha value is -2.93. The van der Waals surface area contributed by atoms with Gasteiger partial charge in [0.15, 0.2) is 6.04 Å². The molecule has 1 N–H and O–H groups in total. The van der Waals surface area contributed by atoms with Gasteiger partial charge in [0, 0.05) is 11.3 Å². The molecule has 1 atom stereocenters. The van der Waals surface area contributed by atoms with Crippen LogP contribution in [0.1, 0.15) is 45.1 Å². The number of nitrogens with one attached hydrogen (secondary N) is 1. The minimum Gasteiger partial charge on any atom is -0.494 e. The molecule has 0 spiro atoms. The third-order valence-corrected chi connectivity index (χ3v) is 5.85. The fourth-order valence-electron chi connectivity index (χ4n) is 4.32. The Morgan fingerprint density at radius 1 is 1.00 bits per heavy atom. The van der Waals surface area contributed by atoms with E-state index in [1.165, 1.54) is 16.2 Å². The molecule has 164 valence electrons. The highest BCUT2D eigenvalue weighted by molar-refractivity contribution is 5.46. The van der Waals surface area contributed by atoms with Crippen LogP contribution in [0.3, 0.4) is 0 Å². The number of hydrogen-bond donors (Lipinski definition) is 1. The van der Waals surface area contributed by atoms with Crippen molar-refractivity contribution >= 4 is 5.69 Å². The molecule has 7 heteroatoms. The molecule has 3 aromatic rings. The van der Waals surface area contributed by atoms with Gasteiger partial charge in [0.1, 0.15) is 5.75 Å². The van der Waals surface area contributed by atoms with Gasteiger partial charge >= 0.3 is 0 Å². The number of ether oxygens (including phenoxy) is 1. The number of quaternary nitrogens is 1. The van der Waals surface area contributed by atoms with E-state index >= 15 is 0 Å². The Labute approximate surface area is 184 Å². The van der Waals surface area contributed by atoms with Crippen LogP contribution in [0, 0.1) is 0 Å². The van der Waals surface area contributed by atoms with Crippen molar-refractivity contribution in [3.63, 3.8) is 0 Å². The van der Waals surface area contributed by atoms with E-state index < -0.39 is 0 Å². The Morgan fingerprint density at radius 3 is 2.29 bits per heavy atom. The first-order valence-electron chi connectivity index (χ1n) is 11.1. The van der Waals surface area contributed by atoms with Crippen molar-refractivity contribution in [3.05, 3.63) is 66.0 Å². The van der Waals surface area contributed by atoms with Crippen molar-refractivity contribution in [2.45, 2.75) is 39.3 Å². The van der Waals surface area contributed by atoms with Gasteiger partial charge in [0.25, 0.3) is 0 Å². The number of anilines is 1. The molecule has 1 aliphatic heterocycles. The molecule has 0 bridgehead atoms. The van der Waals surface area contributed by atoms with Crippen molar-refractivity contribution in [2.24, 2.45) is 0 Å². The topological polar surface area (TPSA) is 60.5 Å². The van der Waals surface area contributed by atoms with Gasteiger partial charge in [0.05, 0.1) is 38.3 Å². The summed E-state index contributed by atoms with van der Waals surface area (Å²) in [4.78, 5) is 3.95. The van der Waals surface area contributed by atoms with Crippen molar-refractivity contribution in [2.75, 3.05) is 37.7 Å². The summed E-state index contributed by atoms with van der Waals surface area (Å²) in [5.41, 5.74) is 2.32. The number of benzene rings is 2. The van der Waals surface area contributed by atoms with E-state index in [0.717, 1.165) is 37.8 Å². The van der Waals surface area contributed by atoms with E-state index in [4.69, 9.17) is 4.74 Å². The first-order valence-corrected chi connectivity index (χ1v) is 11.1. The zero-order valence-corrected chi connectivity index (χ0v) is 19.0. The predicted molar refractivity (Wildman–Crippen MR) is 122 cm³/mol. The molecule has 0 radical (unpaired) electrons. The molecule has 2 heterocycles. The summed E-state index contributed by atoms with van der Waals surface area (Å²) in [6.45, 7) is 13.1. The van der Waals surface area contributed by atoms with Crippen LogP contribution >= 0.6 is 0 Å². The highest BCUT2D eigenvalue weighted by Crippen LogP contribution is 2.24. The molecule has 31 heavy (non-hydrogen) atoms. The second-order valence-corrected chi connectivity index (χ2v) is 9.04. The average molecular weight is 422 g/mol. The summed E-state index contributed by atoms with van der Waals surface area (Å²) in [6, 6.07) is 19.2. The molecule has 1 aromatic heterocycles. The van der Waals surface area contributed by atoms with Gasteiger partial charge < -0.3 is 14.5 Å². The molecule has 0 amide bonds. The third-order valence-electron chi connectivity index (χ3n) is 5.85. The zero-order valence-electron chi connectivity index (χ0n) is 19.0. The molecule has 1 aliphatic rings. The maximum atomic E-state index is 5.66. The highest BCUT2D eigenvalue weighted by atomic mass is 16.5. The summed E-state index contributed by atoms with van der Waals surface area (Å²) in [7, 11) is 0. The van der Waals surface area contributed by atoms with Crippen LogP contribution in [0.5, 0.6) is 5.75 Å². The molecule has 1 saturated heterocycles. The number of nitrogens with zero attached hydrogens (tertiary/aromatic N) is 5. The first-order chi connectivity index (χ1) is 15.0. The first kappa shape index (κ1) is 21.3. The van der Waals surface area contributed by atoms with Gasteiger partial charge in [0.2, 0.25) is 5.82 Å². The molecule has 2 aromatic carbocycles.